The molecule has 2 aromatic rings. The number of likely N-dealkylation sites (tertiary alicyclic amines) is 1. The molecule has 0 aliphatic carbocycles. The number of aryl methyl sites for hydroxylation is 2. The summed E-state index contributed by atoms with van der Waals surface area (Å²) in [5.74, 6) is 0.677. The van der Waals surface area contributed by atoms with E-state index in [1.165, 1.54) is 36.2 Å². The smallest absolute Gasteiger partial charge is 0.170 e. The van der Waals surface area contributed by atoms with Gasteiger partial charge in [0.25, 0.3) is 0 Å². The van der Waals surface area contributed by atoms with Gasteiger partial charge in [0.15, 0.2) is 5.11 Å². The number of hydrogen-bond donors (Lipinski definition) is 3. The van der Waals surface area contributed by atoms with Crippen LogP contribution in [0.25, 0.3) is 0 Å². The number of hydrogen-bond acceptors (Lipinski definition) is 1. The van der Waals surface area contributed by atoms with E-state index in [1.54, 1.807) is 4.90 Å². The van der Waals surface area contributed by atoms with Crippen LogP contribution in [0.1, 0.15) is 36.1 Å². The summed E-state index contributed by atoms with van der Waals surface area (Å²) in [5, 5.41) is 7.44. The fourth-order valence-electron chi connectivity index (χ4n) is 3.74. The van der Waals surface area contributed by atoms with Crippen molar-refractivity contribution in [2.75, 3.05) is 25.0 Å². The van der Waals surface area contributed by atoms with Gasteiger partial charge in [-0.05, 0) is 56.2 Å². The van der Waals surface area contributed by atoms with Crippen molar-refractivity contribution < 1.29 is 4.90 Å². The minimum absolute atomic E-state index is 0.557. The number of nitrogens with one attached hydrogen (secondary N) is 3. The zero-order valence-electron chi connectivity index (χ0n) is 16.0. The maximum Gasteiger partial charge on any atom is 0.170 e. The van der Waals surface area contributed by atoms with Crippen LogP contribution >= 0.6 is 12.2 Å². The molecule has 0 aromatic heterocycles. The Hall–Kier alpha value is -1.91. The maximum atomic E-state index is 5.48. The Morgan fingerprint density at radius 2 is 1.92 bits per heavy atom. The van der Waals surface area contributed by atoms with E-state index in [4.69, 9.17) is 12.2 Å². The predicted octanol–water partition coefficient (Wildman–Crippen LogP) is 3.26. The molecule has 0 bridgehead atoms. The van der Waals surface area contributed by atoms with Gasteiger partial charge in [-0.15, -0.1) is 0 Å². The highest BCUT2D eigenvalue weighted by atomic mass is 32.1. The van der Waals surface area contributed by atoms with Crippen molar-refractivity contribution in [1.82, 2.24) is 5.32 Å². The number of thiocarbonyl (C=S) groups is 1. The third-order valence-electron chi connectivity index (χ3n) is 5.65. The molecule has 0 amide bonds. The molecular formula is C22H30N3S+. The van der Waals surface area contributed by atoms with Crippen LogP contribution in [-0.2, 0) is 0 Å². The second kappa shape index (κ2) is 8.65. The monoisotopic (exact) mass is 368 g/mol. The van der Waals surface area contributed by atoms with E-state index in [1.807, 2.05) is 0 Å². The van der Waals surface area contributed by atoms with Gasteiger partial charge in [0.2, 0.25) is 0 Å². The Morgan fingerprint density at radius 1 is 1.15 bits per heavy atom. The molecule has 0 spiro atoms. The van der Waals surface area contributed by atoms with Gasteiger partial charge in [-0.1, -0.05) is 36.4 Å². The quantitative estimate of drug-likeness (QED) is 0.708. The van der Waals surface area contributed by atoms with Crippen LogP contribution < -0.4 is 15.5 Å². The second-order valence-electron chi connectivity index (χ2n) is 7.53. The van der Waals surface area contributed by atoms with E-state index in [9.17, 15) is 0 Å². The third kappa shape index (κ3) is 4.83. The first-order valence-electron chi connectivity index (χ1n) is 9.54. The fraction of sp³-hybridized carbons (Fsp3) is 0.409. The van der Waals surface area contributed by atoms with E-state index >= 15 is 0 Å². The van der Waals surface area contributed by atoms with Crippen molar-refractivity contribution in [3.8, 4) is 0 Å². The molecule has 0 saturated carbocycles. The lowest BCUT2D eigenvalue weighted by Crippen LogP contribution is -3.10. The summed E-state index contributed by atoms with van der Waals surface area (Å²) in [6.45, 7) is 9.98. The molecule has 26 heavy (non-hydrogen) atoms. The average molecular weight is 369 g/mol. The van der Waals surface area contributed by atoms with Gasteiger partial charge in [-0.25, -0.2) is 0 Å². The molecular weight excluding hydrogens is 338 g/mol. The summed E-state index contributed by atoms with van der Waals surface area (Å²) < 4.78 is 0. The highest BCUT2D eigenvalue weighted by Gasteiger charge is 2.30. The minimum atomic E-state index is 0.557. The Balaban J connectivity index is 1.45. The molecule has 1 aliphatic rings. The third-order valence-corrected chi connectivity index (χ3v) is 5.90. The van der Waals surface area contributed by atoms with Crippen molar-refractivity contribution >= 4 is 23.0 Å². The molecule has 1 saturated heterocycles. The van der Waals surface area contributed by atoms with Crippen LogP contribution in [-0.4, -0.2) is 24.7 Å². The van der Waals surface area contributed by atoms with Gasteiger partial charge in [-0.2, -0.15) is 0 Å². The normalized spacial score (nSPS) is 20.6. The highest BCUT2D eigenvalue weighted by Crippen LogP contribution is 2.14. The first-order chi connectivity index (χ1) is 12.5. The van der Waals surface area contributed by atoms with Crippen molar-refractivity contribution in [3.05, 3.63) is 65.2 Å². The van der Waals surface area contributed by atoms with Gasteiger partial charge in [0.05, 0.1) is 13.1 Å². The van der Waals surface area contributed by atoms with Gasteiger partial charge in [-0.3, -0.25) is 0 Å². The Kier molecular flexibility index (Phi) is 6.28. The van der Waals surface area contributed by atoms with E-state index < -0.39 is 0 Å². The minimum Gasteiger partial charge on any atom is -0.362 e. The zero-order valence-corrected chi connectivity index (χ0v) is 16.8. The molecule has 3 rings (SSSR count). The number of rotatable bonds is 5. The SMILES string of the molecule is Cc1ccc(NC(=S)NCC2CC[NH+](C(C)c3ccccc3)C2)cc1C. The first-order valence-corrected chi connectivity index (χ1v) is 9.95. The summed E-state index contributed by atoms with van der Waals surface area (Å²) in [7, 11) is 0. The van der Waals surface area contributed by atoms with Crippen LogP contribution in [0.5, 0.6) is 0 Å². The Morgan fingerprint density at radius 3 is 2.65 bits per heavy atom. The molecule has 1 aliphatic heterocycles. The molecule has 138 valence electrons. The van der Waals surface area contributed by atoms with Gasteiger partial charge in [0.1, 0.15) is 6.04 Å². The molecule has 4 heteroatoms. The van der Waals surface area contributed by atoms with Gasteiger partial charge < -0.3 is 15.5 Å². The lowest BCUT2D eigenvalue weighted by Gasteiger charge is -2.22. The summed E-state index contributed by atoms with van der Waals surface area (Å²) in [6, 6.07) is 17.8. The molecule has 1 heterocycles. The molecule has 3 nitrogen and oxygen atoms in total. The summed E-state index contributed by atoms with van der Waals surface area (Å²) in [6.07, 6.45) is 1.26. The van der Waals surface area contributed by atoms with Crippen LogP contribution in [0, 0.1) is 19.8 Å². The number of quaternary nitrogens is 1. The van der Waals surface area contributed by atoms with Crippen molar-refractivity contribution in [2.24, 2.45) is 5.92 Å². The van der Waals surface area contributed by atoms with E-state index in [-0.39, 0.29) is 0 Å². The molecule has 1 fully saturated rings. The standard InChI is InChI=1S/C22H29N3S/c1-16-9-10-21(13-17(16)2)24-22(26)23-14-19-11-12-25(15-19)18(3)20-7-5-4-6-8-20/h4-10,13,18-19H,11-12,14-15H2,1-3H3,(H2,23,24,26)/p+1. The first kappa shape index (κ1) is 18.9. The molecule has 0 radical (unpaired) electrons. The zero-order chi connectivity index (χ0) is 18.5. The largest absolute Gasteiger partial charge is 0.362 e. The van der Waals surface area contributed by atoms with Crippen molar-refractivity contribution in [1.29, 1.82) is 0 Å². The van der Waals surface area contributed by atoms with Crippen molar-refractivity contribution in [3.63, 3.8) is 0 Å². The van der Waals surface area contributed by atoms with Crippen LogP contribution in [0.2, 0.25) is 0 Å². The van der Waals surface area contributed by atoms with Crippen LogP contribution in [0.15, 0.2) is 48.5 Å². The highest BCUT2D eigenvalue weighted by molar-refractivity contribution is 7.80. The fourth-order valence-corrected chi connectivity index (χ4v) is 3.94. The van der Waals surface area contributed by atoms with Gasteiger partial charge in [0, 0.05) is 30.1 Å². The lowest BCUT2D eigenvalue weighted by molar-refractivity contribution is -0.919. The Labute approximate surface area is 162 Å². The van der Waals surface area contributed by atoms with Crippen LogP contribution in [0.4, 0.5) is 5.69 Å². The van der Waals surface area contributed by atoms with E-state index in [0.29, 0.717) is 12.0 Å². The molecule has 2 aromatic carbocycles. The number of benzene rings is 2. The average Bonchev–Trinajstić information content (AvgIpc) is 3.12. The molecule has 3 atom stereocenters. The number of anilines is 1. The van der Waals surface area contributed by atoms with E-state index in [2.05, 4.69) is 79.9 Å². The summed E-state index contributed by atoms with van der Waals surface area (Å²) in [4.78, 5) is 1.68. The van der Waals surface area contributed by atoms with Crippen molar-refractivity contribution in [2.45, 2.75) is 33.2 Å². The predicted molar refractivity (Wildman–Crippen MR) is 114 cm³/mol. The molecule has 3 N–H and O–H groups in total. The Bertz CT molecular complexity index is 744. The molecule has 3 unspecified atom stereocenters. The second-order valence-corrected chi connectivity index (χ2v) is 7.94. The van der Waals surface area contributed by atoms with Crippen LogP contribution in [0.3, 0.4) is 0 Å². The topological polar surface area (TPSA) is 28.5 Å². The summed E-state index contributed by atoms with van der Waals surface area (Å²) in [5.41, 5.74) is 5.07. The maximum absolute atomic E-state index is 5.48. The van der Waals surface area contributed by atoms with E-state index in [0.717, 1.165) is 17.3 Å². The lowest BCUT2D eigenvalue weighted by atomic mass is 10.1. The van der Waals surface area contributed by atoms with Gasteiger partial charge >= 0.3 is 0 Å². The summed E-state index contributed by atoms with van der Waals surface area (Å²) >= 11 is 5.48.